The number of carbonyl (C=O) groups excluding carboxylic acids is 2. The van der Waals surface area contributed by atoms with Crippen molar-refractivity contribution in [3.8, 4) is 6.07 Å². The Morgan fingerprint density at radius 1 is 1.18 bits per heavy atom. The second-order valence-electron chi connectivity index (χ2n) is 9.45. The van der Waals surface area contributed by atoms with E-state index in [-0.39, 0.29) is 29.6 Å². The van der Waals surface area contributed by atoms with Gasteiger partial charge in [0.15, 0.2) is 5.96 Å². The van der Waals surface area contributed by atoms with Gasteiger partial charge >= 0.3 is 0 Å². The molecule has 0 bridgehead atoms. The number of guanidine groups is 1. The minimum absolute atomic E-state index is 0.0367. The highest BCUT2D eigenvalue weighted by atomic mass is 16.2. The molecule has 2 heterocycles. The number of nitriles is 1. The van der Waals surface area contributed by atoms with Gasteiger partial charge in [-0.05, 0) is 48.2 Å². The van der Waals surface area contributed by atoms with E-state index in [1.807, 2.05) is 63.2 Å². The first kappa shape index (κ1) is 22.5. The lowest BCUT2D eigenvalue weighted by Gasteiger charge is -2.37. The molecule has 0 aromatic heterocycles. The van der Waals surface area contributed by atoms with Crippen molar-refractivity contribution in [3.05, 3.63) is 65.2 Å². The summed E-state index contributed by atoms with van der Waals surface area (Å²) in [6.07, 6.45) is 0.718. The molecule has 2 atom stereocenters. The molecular weight excluding hydrogens is 414 g/mol. The first-order valence-corrected chi connectivity index (χ1v) is 11.3. The van der Waals surface area contributed by atoms with Crippen molar-refractivity contribution < 1.29 is 9.59 Å². The van der Waals surface area contributed by atoms with Crippen LogP contribution in [0, 0.1) is 17.2 Å². The fourth-order valence-corrected chi connectivity index (χ4v) is 4.44. The van der Waals surface area contributed by atoms with Gasteiger partial charge in [-0.15, -0.1) is 0 Å². The molecule has 170 valence electrons. The summed E-state index contributed by atoms with van der Waals surface area (Å²) in [4.78, 5) is 33.6. The van der Waals surface area contributed by atoms with E-state index in [2.05, 4.69) is 11.1 Å². The van der Waals surface area contributed by atoms with Crippen molar-refractivity contribution in [3.63, 3.8) is 0 Å². The van der Waals surface area contributed by atoms with Gasteiger partial charge in [-0.1, -0.05) is 38.1 Å². The van der Waals surface area contributed by atoms with Crippen LogP contribution < -0.4 is 10.6 Å². The summed E-state index contributed by atoms with van der Waals surface area (Å²) < 4.78 is 0. The smallest absolute Gasteiger partial charge is 0.232 e. The summed E-state index contributed by atoms with van der Waals surface area (Å²) in [5.41, 5.74) is 8.97. The highest BCUT2D eigenvalue weighted by Gasteiger charge is 2.38. The lowest BCUT2D eigenvalue weighted by molar-refractivity contribution is -0.130. The minimum atomic E-state index is -0.487. The maximum atomic E-state index is 12.9. The summed E-state index contributed by atoms with van der Waals surface area (Å²) in [6.45, 7) is 6.91. The van der Waals surface area contributed by atoms with Crippen LogP contribution in [0.15, 0.2) is 53.5 Å². The van der Waals surface area contributed by atoms with Gasteiger partial charge in [0.1, 0.15) is 0 Å². The molecule has 2 aliphatic rings. The second-order valence-corrected chi connectivity index (χ2v) is 9.45. The number of nitrogens with two attached hydrogens (primary N) is 1. The third kappa shape index (κ3) is 4.47. The number of benzene rings is 2. The van der Waals surface area contributed by atoms with Crippen LogP contribution in [0.3, 0.4) is 0 Å². The predicted octanol–water partition coefficient (Wildman–Crippen LogP) is 3.54. The van der Waals surface area contributed by atoms with Gasteiger partial charge in [0, 0.05) is 24.6 Å². The van der Waals surface area contributed by atoms with Crippen molar-refractivity contribution >= 4 is 23.5 Å². The van der Waals surface area contributed by atoms with E-state index in [0.717, 1.165) is 16.8 Å². The van der Waals surface area contributed by atoms with Gasteiger partial charge in [0.25, 0.3) is 0 Å². The van der Waals surface area contributed by atoms with Gasteiger partial charge in [-0.3, -0.25) is 14.5 Å². The number of amides is 2. The lowest BCUT2D eigenvalue weighted by atomic mass is 9.84. The second kappa shape index (κ2) is 8.70. The van der Waals surface area contributed by atoms with E-state index in [4.69, 9.17) is 5.73 Å². The summed E-state index contributed by atoms with van der Waals surface area (Å²) in [7, 11) is 0. The molecule has 2 aromatic rings. The molecule has 33 heavy (non-hydrogen) atoms. The van der Waals surface area contributed by atoms with Crippen molar-refractivity contribution in [1.82, 2.24) is 4.90 Å². The summed E-state index contributed by atoms with van der Waals surface area (Å²) in [5.74, 6) is 0.478. The topological polar surface area (TPSA) is 103 Å². The van der Waals surface area contributed by atoms with Gasteiger partial charge in [-0.2, -0.15) is 5.26 Å². The Labute approximate surface area is 194 Å². The molecule has 0 saturated carbocycles. The molecule has 1 saturated heterocycles. The average Bonchev–Trinajstić information content (AvgIpc) is 3.18. The molecular formula is C26H29N5O2. The Bertz CT molecular complexity index is 1170. The van der Waals surface area contributed by atoms with Crippen LogP contribution in [-0.4, -0.2) is 34.8 Å². The highest BCUT2D eigenvalue weighted by molar-refractivity contribution is 5.99. The van der Waals surface area contributed by atoms with E-state index in [1.54, 1.807) is 11.0 Å². The summed E-state index contributed by atoms with van der Waals surface area (Å²) in [6, 6.07) is 17.3. The van der Waals surface area contributed by atoms with Crippen LogP contribution in [0.1, 0.15) is 56.2 Å². The van der Waals surface area contributed by atoms with Crippen molar-refractivity contribution in [2.24, 2.45) is 16.6 Å². The fourth-order valence-electron chi connectivity index (χ4n) is 4.44. The largest absolute Gasteiger partial charge is 0.369 e. The molecule has 0 aliphatic carbocycles. The Hall–Kier alpha value is -3.66. The molecule has 0 radical (unpaired) electrons. The van der Waals surface area contributed by atoms with Gasteiger partial charge in [-0.25, -0.2) is 4.99 Å². The lowest BCUT2D eigenvalue weighted by Crippen LogP contribution is -2.51. The Balaban J connectivity index is 1.52. The van der Waals surface area contributed by atoms with E-state index >= 15 is 0 Å². The molecule has 4 rings (SSSR count). The molecule has 1 fully saturated rings. The molecule has 2 amide bonds. The van der Waals surface area contributed by atoms with Gasteiger partial charge < -0.3 is 10.6 Å². The molecule has 1 unspecified atom stereocenters. The van der Waals surface area contributed by atoms with Gasteiger partial charge in [0.2, 0.25) is 11.8 Å². The first-order valence-electron chi connectivity index (χ1n) is 11.3. The molecule has 2 aromatic carbocycles. The third-order valence-electron chi connectivity index (χ3n) is 6.88. The van der Waals surface area contributed by atoms with E-state index in [9.17, 15) is 14.9 Å². The van der Waals surface area contributed by atoms with Gasteiger partial charge in [0.05, 0.1) is 30.1 Å². The number of hydrogen-bond acceptors (Lipinski definition) is 5. The zero-order valence-corrected chi connectivity index (χ0v) is 19.3. The number of rotatable bonds is 5. The number of anilines is 1. The zero-order chi connectivity index (χ0) is 23.8. The third-order valence-corrected chi connectivity index (χ3v) is 6.88. The zero-order valence-electron chi connectivity index (χ0n) is 19.3. The normalized spacial score (nSPS) is 23.1. The van der Waals surface area contributed by atoms with Crippen molar-refractivity contribution in [2.45, 2.75) is 51.6 Å². The van der Waals surface area contributed by atoms with E-state index in [1.165, 1.54) is 4.90 Å². The van der Waals surface area contributed by atoms with Crippen LogP contribution in [0.4, 0.5) is 5.69 Å². The van der Waals surface area contributed by atoms with Crippen LogP contribution in [0.2, 0.25) is 0 Å². The SMILES string of the molecule is CC(C)[C@]1(C)CC(=O)N(Cc2cccc(N3CC(c4cccc(C#N)c4)CC3=O)c2)C(N)=N1. The molecule has 2 aliphatic heterocycles. The van der Waals surface area contributed by atoms with Crippen LogP contribution in [0.25, 0.3) is 0 Å². The number of carbonyl (C=O) groups is 2. The molecule has 2 N–H and O–H groups in total. The summed E-state index contributed by atoms with van der Waals surface area (Å²) >= 11 is 0. The predicted molar refractivity (Wildman–Crippen MR) is 127 cm³/mol. The fraction of sp³-hybridized carbons (Fsp3) is 0.385. The maximum absolute atomic E-state index is 12.9. The molecule has 7 heteroatoms. The molecule has 7 nitrogen and oxygen atoms in total. The van der Waals surface area contributed by atoms with Crippen molar-refractivity contribution in [1.29, 1.82) is 5.26 Å². The van der Waals surface area contributed by atoms with Crippen LogP contribution >= 0.6 is 0 Å². The Kier molecular flexibility index (Phi) is 5.94. The van der Waals surface area contributed by atoms with Crippen LogP contribution in [0.5, 0.6) is 0 Å². The van der Waals surface area contributed by atoms with E-state index in [0.29, 0.717) is 31.5 Å². The standard InChI is InChI=1S/C26H29N5O2/c1-17(2)26(3)13-24(33)31(25(28)29-26)15-19-7-5-9-22(11-19)30-16-21(12-23(30)32)20-8-4-6-18(10-20)14-27/h4-11,17,21H,12-13,15-16H2,1-3H3,(H2,28,29)/t21?,26-/m0/s1. The first-order chi connectivity index (χ1) is 15.7. The summed E-state index contributed by atoms with van der Waals surface area (Å²) in [5, 5.41) is 9.17. The average molecular weight is 444 g/mol. The van der Waals surface area contributed by atoms with E-state index < -0.39 is 5.54 Å². The monoisotopic (exact) mass is 443 g/mol. The minimum Gasteiger partial charge on any atom is -0.369 e. The highest BCUT2D eigenvalue weighted by Crippen LogP contribution is 2.33. The maximum Gasteiger partial charge on any atom is 0.232 e. The quantitative estimate of drug-likeness (QED) is 0.763. The Morgan fingerprint density at radius 3 is 2.64 bits per heavy atom. The van der Waals surface area contributed by atoms with Crippen molar-refractivity contribution in [2.75, 3.05) is 11.4 Å². The van der Waals surface area contributed by atoms with Crippen LogP contribution in [-0.2, 0) is 16.1 Å². The Morgan fingerprint density at radius 2 is 1.94 bits per heavy atom. The molecule has 0 spiro atoms. The number of aliphatic imine (C=N–C) groups is 1. The number of hydrogen-bond donors (Lipinski definition) is 1. The number of nitrogens with zero attached hydrogens (tertiary/aromatic N) is 4.